The third-order valence-corrected chi connectivity index (χ3v) is 6.11. The topological polar surface area (TPSA) is 65.4 Å². The van der Waals surface area contributed by atoms with E-state index in [2.05, 4.69) is 6.58 Å². The number of aryl methyl sites for hydroxylation is 3. The number of ether oxygens (including phenoxy) is 1. The number of aromatic nitrogens is 1. The van der Waals surface area contributed by atoms with Crippen molar-refractivity contribution in [2.24, 2.45) is 7.05 Å². The molecule has 5 nitrogen and oxygen atoms in total. The minimum absolute atomic E-state index is 0.0155. The summed E-state index contributed by atoms with van der Waals surface area (Å²) < 4.78 is 46.2. The SMILES string of the molecule is C=CS(=O)(=O)c1ccc(Oc2ccc(C)cc2F)c(-c2cc(CC)c(=O)n(C)c2)c1. The molecule has 0 spiro atoms. The number of sulfone groups is 1. The fraction of sp³-hybridized carbons (Fsp3) is 0.174. The molecule has 0 aliphatic rings. The van der Waals surface area contributed by atoms with Gasteiger partial charge < -0.3 is 9.30 Å². The van der Waals surface area contributed by atoms with Crippen molar-refractivity contribution in [2.75, 3.05) is 0 Å². The van der Waals surface area contributed by atoms with Crippen molar-refractivity contribution in [3.8, 4) is 22.6 Å². The van der Waals surface area contributed by atoms with Gasteiger partial charge in [0.1, 0.15) is 5.75 Å². The summed E-state index contributed by atoms with van der Waals surface area (Å²) in [4.78, 5) is 12.3. The lowest BCUT2D eigenvalue weighted by Gasteiger charge is -2.15. The number of benzene rings is 2. The number of hydrogen-bond acceptors (Lipinski definition) is 4. The van der Waals surface area contributed by atoms with Gasteiger partial charge in [-0.25, -0.2) is 12.8 Å². The second-order valence-electron chi connectivity index (χ2n) is 6.93. The molecular formula is C23H22FNO4S. The van der Waals surface area contributed by atoms with Crippen LogP contribution in [0.3, 0.4) is 0 Å². The van der Waals surface area contributed by atoms with Gasteiger partial charge in [0.25, 0.3) is 5.56 Å². The zero-order valence-corrected chi connectivity index (χ0v) is 17.8. The first-order chi connectivity index (χ1) is 14.2. The molecule has 0 unspecified atom stereocenters. The van der Waals surface area contributed by atoms with Crippen LogP contribution in [0.1, 0.15) is 18.1 Å². The molecule has 7 heteroatoms. The van der Waals surface area contributed by atoms with Crippen LogP contribution in [0.5, 0.6) is 11.5 Å². The van der Waals surface area contributed by atoms with E-state index in [0.29, 0.717) is 23.1 Å². The maximum Gasteiger partial charge on any atom is 0.253 e. The predicted molar refractivity (Wildman–Crippen MR) is 115 cm³/mol. The molecule has 156 valence electrons. The van der Waals surface area contributed by atoms with Crippen molar-refractivity contribution >= 4 is 9.84 Å². The predicted octanol–water partition coefficient (Wildman–Crippen LogP) is 4.77. The van der Waals surface area contributed by atoms with Gasteiger partial charge in [-0.1, -0.05) is 19.6 Å². The van der Waals surface area contributed by atoms with E-state index in [1.54, 1.807) is 32.3 Å². The molecule has 0 radical (unpaired) electrons. The molecule has 0 atom stereocenters. The summed E-state index contributed by atoms with van der Waals surface area (Å²) in [5, 5.41) is 0.866. The Kier molecular flexibility index (Phi) is 5.94. The standard InChI is InChI=1S/C23H22FNO4S/c1-5-16-12-17(14-25(4)23(16)26)19-13-18(30(27,28)6-2)8-10-21(19)29-22-9-7-15(3)11-20(22)24/h6-14H,2,5H2,1,3-4H3. The lowest BCUT2D eigenvalue weighted by atomic mass is 10.0. The molecule has 0 aliphatic heterocycles. The molecule has 3 rings (SSSR count). The number of nitrogens with zero attached hydrogens (tertiary/aromatic N) is 1. The van der Waals surface area contributed by atoms with E-state index in [1.165, 1.54) is 34.9 Å². The Hall–Kier alpha value is -3.19. The minimum atomic E-state index is -3.70. The second kappa shape index (κ2) is 8.28. The van der Waals surface area contributed by atoms with E-state index in [-0.39, 0.29) is 22.0 Å². The maximum absolute atomic E-state index is 14.3. The Balaban J connectivity index is 2.24. The fourth-order valence-corrected chi connectivity index (χ4v) is 3.82. The van der Waals surface area contributed by atoms with Gasteiger partial charge in [-0.2, -0.15) is 0 Å². The summed E-state index contributed by atoms with van der Waals surface area (Å²) in [6.07, 6.45) is 2.10. The highest BCUT2D eigenvalue weighted by Gasteiger charge is 2.18. The van der Waals surface area contributed by atoms with Gasteiger partial charge in [0.15, 0.2) is 21.4 Å². The highest BCUT2D eigenvalue weighted by molar-refractivity contribution is 7.94. The molecule has 2 aromatic carbocycles. The van der Waals surface area contributed by atoms with E-state index in [0.717, 1.165) is 11.0 Å². The van der Waals surface area contributed by atoms with E-state index in [9.17, 15) is 17.6 Å². The fourth-order valence-electron chi connectivity index (χ4n) is 3.09. The van der Waals surface area contributed by atoms with Gasteiger partial charge in [-0.3, -0.25) is 4.79 Å². The van der Waals surface area contributed by atoms with Crippen LogP contribution < -0.4 is 10.3 Å². The zero-order valence-electron chi connectivity index (χ0n) is 17.0. The highest BCUT2D eigenvalue weighted by atomic mass is 32.2. The molecule has 0 saturated carbocycles. The van der Waals surface area contributed by atoms with Crippen LogP contribution in [0, 0.1) is 12.7 Å². The van der Waals surface area contributed by atoms with Crippen LogP contribution in [0.2, 0.25) is 0 Å². The minimum Gasteiger partial charge on any atom is -0.454 e. The molecular weight excluding hydrogens is 405 g/mol. The average Bonchev–Trinajstić information content (AvgIpc) is 2.72. The Morgan fingerprint density at radius 2 is 1.83 bits per heavy atom. The van der Waals surface area contributed by atoms with Crippen LogP contribution in [-0.4, -0.2) is 13.0 Å². The first-order valence-corrected chi connectivity index (χ1v) is 10.9. The lowest BCUT2D eigenvalue weighted by molar-refractivity contribution is 0.443. The monoisotopic (exact) mass is 427 g/mol. The van der Waals surface area contributed by atoms with Crippen molar-refractivity contribution in [3.63, 3.8) is 0 Å². The molecule has 3 aromatic rings. The normalized spacial score (nSPS) is 11.3. The van der Waals surface area contributed by atoms with E-state index in [1.807, 2.05) is 6.92 Å². The summed E-state index contributed by atoms with van der Waals surface area (Å²) in [6, 6.07) is 10.6. The second-order valence-corrected chi connectivity index (χ2v) is 8.82. The van der Waals surface area contributed by atoms with E-state index in [4.69, 9.17) is 4.74 Å². The first-order valence-electron chi connectivity index (χ1n) is 9.31. The third-order valence-electron chi connectivity index (χ3n) is 4.76. The zero-order chi connectivity index (χ0) is 22.1. The molecule has 30 heavy (non-hydrogen) atoms. The van der Waals surface area contributed by atoms with E-state index >= 15 is 0 Å². The van der Waals surface area contributed by atoms with Crippen molar-refractivity contribution in [1.29, 1.82) is 0 Å². The summed E-state index contributed by atoms with van der Waals surface area (Å²) >= 11 is 0. The third kappa shape index (κ3) is 4.21. The van der Waals surface area contributed by atoms with Crippen LogP contribution in [0.25, 0.3) is 11.1 Å². The molecule has 0 fully saturated rings. The average molecular weight is 427 g/mol. The molecule has 0 amide bonds. The van der Waals surface area contributed by atoms with Gasteiger partial charge in [0.05, 0.1) is 4.90 Å². The summed E-state index contributed by atoms with van der Waals surface area (Å²) in [7, 11) is -2.08. The number of halogens is 1. The van der Waals surface area contributed by atoms with Crippen molar-refractivity contribution < 1.29 is 17.5 Å². The van der Waals surface area contributed by atoms with Gasteiger partial charge in [-0.05, 0) is 55.3 Å². The van der Waals surface area contributed by atoms with Gasteiger partial charge in [0.2, 0.25) is 0 Å². The largest absolute Gasteiger partial charge is 0.454 e. The molecule has 0 N–H and O–H groups in total. The Morgan fingerprint density at radius 1 is 1.13 bits per heavy atom. The first kappa shape index (κ1) is 21.5. The van der Waals surface area contributed by atoms with Gasteiger partial charge in [-0.15, -0.1) is 0 Å². The van der Waals surface area contributed by atoms with Crippen molar-refractivity contribution in [1.82, 2.24) is 4.57 Å². The van der Waals surface area contributed by atoms with Crippen LogP contribution in [-0.2, 0) is 23.3 Å². The molecule has 1 heterocycles. The Bertz CT molecular complexity index is 1290. The maximum atomic E-state index is 14.3. The summed E-state index contributed by atoms with van der Waals surface area (Å²) in [6.45, 7) is 6.99. The summed E-state index contributed by atoms with van der Waals surface area (Å²) in [5.41, 5.74) is 2.18. The van der Waals surface area contributed by atoms with Crippen LogP contribution in [0.15, 0.2) is 70.3 Å². The van der Waals surface area contributed by atoms with Gasteiger partial charge in [0, 0.05) is 35.3 Å². The van der Waals surface area contributed by atoms with E-state index < -0.39 is 15.7 Å². The quantitative estimate of drug-likeness (QED) is 0.568. The number of rotatable bonds is 6. The Morgan fingerprint density at radius 3 is 2.47 bits per heavy atom. The molecule has 1 aromatic heterocycles. The molecule has 0 aliphatic carbocycles. The highest BCUT2D eigenvalue weighted by Crippen LogP contribution is 2.36. The molecule has 0 saturated heterocycles. The number of pyridine rings is 1. The smallest absolute Gasteiger partial charge is 0.253 e. The molecule has 0 bridgehead atoms. The van der Waals surface area contributed by atoms with Crippen LogP contribution in [0.4, 0.5) is 4.39 Å². The lowest BCUT2D eigenvalue weighted by Crippen LogP contribution is -2.20. The van der Waals surface area contributed by atoms with Crippen molar-refractivity contribution in [3.05, 3.63) is 87.9 Å². The van der Waals surface area contributed by atoms with Crippen LogP contribution >= 0.6 is 0 Å². The Labute approximate surface area is 175 Å². The van der Waals surface area contributed by atoms with Crippen molar-refractivity contribution in [2.45, 2.75) is 25.2 Å². The van der Waals surface area contributed by atoms with Gasteiger partial charge >= 0.3 is 0 Å². The number of hydrogen-bond donors (Lipinski definition) is 0. The summed E-state index contributed by atoms with van der Waals surface area (Å²) in [5.74, 6) is -0.248.